The molecular weight excluding hydrogens is 518 g/mol. The number of hydrogen-bond acceptors (Lipinski definition) is 5. The maximum atomic E-state index is 12.4. The predicted octanol–water partition coefficient (Wildman–Crippen LogP) is 5.33. The van der Waals surface area contributed by atoms with E-state index < -0.39 is 15.4 Å². The molecule has 9 heteroatoms. The molecule has 0 aliphatic carbocycles. The lowest BCUT2D eigenvalue weighted by molar-refractivity contribution is -0.154. The molecule has 7 nitrogen and oxygen atoms in total. The molecule has 38 heavy (non-hydrogen) atoms. The molecule has 0 fully saturated rings. The monoisotopic (exact) mass is 561 g/mol. The average Bonchev–Trinajstić information content (AvgIpc) is 2.79. The highest BCUT2D eigenvalue weighted by atomic mass is 32.2. The van der Waals surface area contributed by atoms with Gasteiger partial charge in [0.15, 0.2) is 5.11 Å². The molecule has 1 unspecified atom stereocenters. The van der Waals surface area contributed by atoms with Gasteiger partial charge in [0, 0.05) is 18.2 Å². The molecular formula is C29H43N3O4S2. The first-order valence-electron chi connectivity index (χ1n) is 12.8. The molecule has 2 aromatic rings. The Morgan fingerprint density at radius 3 is 2.05 bits per heavy atom. The first-order chi connectivity index (χ1) is 17.4. The maximum absolute atomic E-state index is 12.4. The van der Waals surface area contributed by atoms with Crippen molar-refractivity contribution >= 4 is 39.0 Å². The Morgan fingerprint density at radius 1 is 0.974 bits per heavy atom. The van der Waals surface area contributed by atoms with E-state index in [0.29, 0.717) is 17.3 Å². The lowest BCUT2D eigenvalue weighted by Gasteiger charge is -2.24. The molecule has 0 aliphatic rings. The number of thiocarbonyl (C=S) groups is 1. The summed E-state index contributed by atoms with van der Waals surface area (Å²) < 4.78 is 30.9. The Balaban J connectivity index is 2.01. The van der Waals surface area contributed by atoms with Gasteiger partial charge in [0.2, 0.25) is 10.0 Å². The van der Waals surface area contributed by atoms with Crippen LogP contribution in [0.2, 0.25) is 0 Å². The fourth-order valence-electron chi connectivity index (χ4n) is 3.70. The van der Waals surface area contributed by atoms with Gasteiger partial charge in [-0.25, -0.2) is 8.42 Å². The summed E-state index contributed by atoms with van der Waals surface area (Å²) in [6.07, 6.45) is 1.86. The summed E-state index contributed by atoms with van der Waals surface area (Å²) in [6.45, 7) is 14.9. The van der Waals surface area contributed by atoms with Gasteiger partial charge in [-0.2, -0.15) is 0 Å². The number of esters is 1. The van der Waals surface area contributed by atoms with Crippen molar-refractivity contribution in [1.82, 2.24) is 10.6 Å². The third-order valence-electron chi connectivity index (χ3n) is 6.02. The lowest BCUT2D eigenvalue weighted by atomic mass is 9.86. The Bertz CT molecular complexity index is 1180. The average molecular weight is 562 g/mol. The van der Waals surface area contributed by atoms with Gasteiger partial charge >= 0.3 is 5.97 Å². The van der Waals surface area contributed by atoms with Crippen LogP contribution in [0.15, 0.2) is 48.5 Å². The minimum Gasteiger partial charge on any atom is -0.465 e. The Labute approximate surface area is 234 Å². The zero-order chi connectivity index (χ0) is 28.7. The van der Waals surface area contributed by atoms with Crippen LogP contribution in [-0.4, -0.2) is 38.9 Å². The summed E-state index contributed by atoms with van der Waals surface area (Å²) in [7, 11) is -3.32. The molecule has 0 radical (unpaired) electrons. The number of hydrogen-bond donors (Lipinski definition) is 3. The van der Waals surface area contributed by atoms with Crippen LogP contribution in [0.3, 0.4) is 0 Å². The Hall–Kier alpha value is -2.65. The molecule has 2 rings (SSSR count). The van der Waals surface area contributed by atoms with E-state index >= 15 is 0 Å². The standard InChI is InChI=1S/C29H43N3O4S2/c1-20(23-11-15-25(16-12-23)32-38(8,34)35)31-27(37)30-18-22(19-36-26(33)29(5,6)7)17-21-9-13-24(14-10-21)28(2,3)4/h9-16,20,22,32H,17-19H2,1-8H3,(H2,30,31,37)/t20?,22-/m1/s1. The van der Waals surface area contributed by atoms with Crippen LogP contribution < -0.4 is 15.4 Å². The molecule has 3 N–H and O–H groups in total. The number of rotatable bonds is 10. The van der Waals surface area contributed by atoms with Crippen LogP contribution in [0.5, 0.6) is 0 Å². The highest BCUT2D eigenvalue weighted by Crippen LogP contribution is 2.23. The molecule has 0 saturated carbocycles. The zero-order valence-electron chi connectivity index (χ0n) is 23.8. The number of benzene rings is 2. The van der Waals surface area contributed by atoms with Crippen molar-refractivity contribution in [3.05, 3.63) is 65.2 Å². The van der Waals surface area contributed by atoms with Crippen molar-refractivity contribution in [2.24, 2.45) is 11.3 Å². The lowest BCUT2D eigenvalue weighted by Crippen LogP contribution is -2.41. The zero-order valence-corrected chi connectivity index (χ0v) is 25.5. The quantitative estimate of drug-likeness (QED) is 0.267. The first-order valence-corrected chi connectivity index (χ1v) is 15.1. The van der Waals surface area contributed by atoms with E-state index in [1.54, 1.807) is 12.1 Å². The van der Waals surface area contributed by atoms with Gasteiger partial charge in [0.05, 0.1) is 24.3 Å². The fourth-order valence-corrected chi connectivity index (χ4v) is 4.52. The number of nitrogens with one attached hydrogen (secondary N) is 3. The highest BCUT2D eigenvalue weighted by Gasteiger charge is 2.24. The van der Waals surface area contributed by atoms with E-state index in [9.17, 15) is 13.2 Å². The summed E-state index contributed by atoms with van der Waals surface area (Å²) in [5, 5.41) is 7.04. The van der Waals surface area contributed by atoms with Gasteiger partial charge in [0.1, 0.15) is 0 Å². The molecule has 0 amide bonds. The largest absolute Gasteiger partial charge is 0.465 e. The second kappa shape index (κ2) is 12.9. The van der Waals surface area contributed by atoms with Gasteiger partial charge in [-0.05, 0) is 80.6 Å². The molecule has 2 aromatic carbocycles. The number of sulfonamides is 1. The number of carbonyl (C=O) groups is 1. The maximum Gasteiger partial charge on any atom is 0.311 e. The normalized spacial score (nSPS) is 13.8. The highest BCUT2D eigenvalue weighted by molar-refractivity contribution is 7.92. The van der Waals surface area contributed by atoms with Crippen molar-refractivity contribution in [1.29, 1.82) is 0 Å². The third kappa shape index (κ3) is 11.0. The molecule has 210 valence electrons. The minimum absolute atomic E-state index is 0.0261. The minimum atomic E-state index is -3.32. The third-order valence-corrected chi connectivity index (χ3v) is 6.89. The topological polar surface area (TPSA) is 96.5 Å². The van der Waals surface area contributed by atoms with E-state index in [0.717, 1.165) is 18.2 Å². The Morgan fingerprint density at radius 2 is 1.55 bits per heavy atom. The van der Waals surface area contributed by atoms with E-state index in [1.165, 1.54) is 11.1 Å². The second-order valence-corrected chi connectivity index (χ2v) is 14.1. The second-order valence-electron chi connectivity index (χ2n) is 11.9. The molecule has 0 bridgehead atoms. The molecule has 0 saturated heterocycles. The van der Waals surface area contributed by atoms with Crippen LogP contribution in [0, 0.1) is 11.3 Å². The van der Waals surface area contributed by atoms with Gasteiger partial charge in [-0.3, -0.25) is 9.52 Å². The van der Waals surface area contributed by atoms with Crippen molar-refractivity contribution in [3.63, 3.8) is 0 Å². The van der Waals surface area contributed by atoms with Crippen molar-refractivity contribution < 1.29 is 17.9 Å². The summed E-state index contributed by atoms with van der Waals surface area (Å²) in [6, 6.07) is 15.6. The summed E-state index contributed by atoms with van der Waals surface area (Å²) in [5.74, 6) is -0.202. The van der Waals surface area contributed by atoms with Gasteiger partial charge in [-0.15, -0.1) is 0 Å². The van der Waals surface area contributed by atoms with Crippen molar-refractivity contribution in [2.75, 3.05) is 24.1 Å². The summed E-state index contributed by atoms with van der Waals surface area (Å²) >= 11 is 5.54. The van der Waals surface area contributed by atoms with Crippen LogP contribution in [0.1, 0.15) is 71.2 Å². The molecule has 2 atom stereocenters. The van der Waals surface area contributed by atoms with Gasteiger partial charge in [-0.1, -0.05) is 57.2 Å². The van der Waals surface area contributed by atoms with Gasteiger partial charge < -0.3 is 15.4 Å². The molecule has 0 aliphatic heterocycles. The van der Waals surface area contributed by atoms with E-state index in [2.05, 4.69) is 60.4 Å². The fraction of sp³-hybridized carbons (Fsp3) is 0.517. The number of carbonyl (C=O) groups excluding carboxylic acids is 1. The summed E-state index contributed by atoms with van der Waals surface area (Å²) in [4.78, 5) is 12.4. The van der Waals surface area contributed by atoms with Crippen molar-refractivity contribution in [3.8, 4) is 0 Å². The smallest absolute Gasteiger partial charge is 0.311 e. The summed E-state index contributed by atoms with van der Waals surface area (Å²) in [5.41, 5.74) is 3.43. The van der Waals surface area contributed by atoms with E-state index in [4.69, 9.17) is 17.0 Å². The number of anilines is 1. The number of ether oxygens (including phenoxy) is 1. The predicted molar refractivity (Wildman–Crippen MR) is 160 cm³/mol. The van der Waals surface area contributed by atoms with Crippen molar-refractivity contribution in [2.45, 2.75) is 66.3 Å². The van der Waals surface area contributed by atoms with Crippen LogP contribution in [-0.2, 0) is 31.4 Å². The molecule has 0 heterocycles. The molecule has 0 aromatic heterocycles. The first kappa shape index (κ1) is 31.6. The van der Waals surface area contributed by atoms with Crippen LogP contribution in [0.4, 0.5) is 5.69 Å². The molecule has 0 spiro atoms. The van der Waals surface area contributed by atoms with Crippen LogP contribution >= 0.6 is 12.2 Å². The van der Waals surface area contributed by atoms with Gasteiger partial charge in [0.25, 0.3) is 0 Å². The van der Waals surface area contributed by atoms with E-state index in [1.807, 2.05) is 39.8 Å². The SMILES string of the molecule is CC(NC(=S)NC[C@H](COC(=O)C(C)(C)C)Cc1ccc(C(C)(C)C)cc1)c1ccc(NS(C)(=O)=O)cc1. The van der Waals surface area contributed by atoms with Crippen LogP contribution in [0.25, 0.3) is 0 Å². The Kier molecular flexibility index (Phi) is 10.7. The van der Waals surface area contributed by atoms with E-state index in [-0.39, 0.29) is 30.0 Å².